The molecule has 0 spiro atoms. The molecule has 0 radical (unpaired) electrons. The third-order valence-electron chi connectivity index (χ3n) is 8.95. The number of methoxy groups -OCH3 is 1. The van der Waals surface area contributed by atoms with Crippen molar-refractivity contribution in [1.82, 2.24) is 24.8 Å². The van der Waals surface area contributed by atoms with Gasteiger partial charge in [-0.1, -0.05) is 40.7 Å². The van der Waals surface area contributed by atoms with Crippen molar-refractivity contribution in [3.05, 3.63) is 59.1 Å². The van der Waals surface area contributed by atoms with Crippen LogP contribution in [0.25, 0.3) is 0 Å². The average molecular weight is 637 g/mol. The van der Waals surface area contributed by atoms with Crippen LogP contribution in [-0.4, -0.2) is 56.5 Å². The largest absolute Gasteiger partial charge is 0.466 e. The van der Waals surface area contributed by atoms with Crippen LogP contribution in [0.5, 0.6) is 0 Å². The highest BCUT2D eigenvalue weighted by Gasteiger charge is 2.56. The molecule has 12 nitrogen and oxygen atoms in total. The predicted octanol–water partition coefficient (Wildman–Crippen LogP) is 3.72. The van der Waals surface area contributed by atoms with E-state index in [9.17, 15) is 24.0 Å². The summed E-state index contributed by atoms with van der Waals surface area (Å²) in [5.41, 5.74) is -0.386. The maximum Gasteiger partial charge on any atom is 0.330 e. The van der Waals surface area contributed by atoms with Gasteiger partial charge in [-0.05, 0) is 73.3 Å². The van der Waals surface area contributed by atoms with Gasteiger partial charge in [0, 0.05) is 24.9 Å². The minimum atomic E-state index is -1.04. The molecule has 2 heterocycles. The number of allylic oxidation sites excluding steroid dienone is 1. The van der Waals surface area contributed by atoms with E-state index in [1.54, 1.807) is 19.2 Å². The van der Waals surface area contributed by atoms with Gasteiger partial charge in [-0.2, -0.15) is 0 Å². The zero-order chi connectivity index (χ0) is 33.9. The van der Waals surface area contributed by atoms with Gasteiger partial charge in [0.1, 0.15) is 24.0 Å². The molecule has 0 unspecified atom stereocenters. The van der Waals surface area contributed by atoms with Crippen molar-refractivity contribution in [2.24, 2.45) is 23.3 Å². The van der Waals surface area contributed by atoms with Gasteiger partial charge in [-0.15, -0.1) is 0 Å². The molecule has 2 aromatic heterocycles. The smallest absolute Gasteiger partial charge is 0.330 e. The minimum absolute atomic E-state index is 0.0199. The second-order valence-corrected chi connectivity index (χ2v) is 15.1. The van der Waals surface area contributed by atoms with Crippen LogP contribution in [0.1, 0.15) is 90.1 Å². The molecule has 250 valence electrons. The number of carbonyl (C=O) groups is 4. The molecule has 4 rings (SSSR count). The summed E-state index contributed by atoms with van der Waals surface area (Å²) in [6, 6.07) is 2.01. The number of hydrogen-bond acceptors (Lipinski definition) is 7. The monoisotopic (exact) mass is 636 g/mol. The number of carbonyl (C=O) groups excluding carboxylic acids is 4. The van der Waals surface area contributed by atoms with Crippen molar-refractivity contribution < 1.29 is 23.9 Å². The Bertz CT molecular complexity index is 1540. The standard InChI is InChI=1S/C34H48N6O6/c1-31(2)17-33(5)18-32(3,4)20-34(19-31,21-33)38-26(41)16-40-14-10-12-24(30(40)45)37-28(43)23(11-8-9-13-27(42)46-7)36-29(44)25-15-35-22-39(25)6/h9-10,12-15,22-23H,8,11,16-21H2,1-7H3,(H,36,44)(H,37,43)(H,38,41)/b13-9+/t23-,33?,34?/m0/s1. The first-order valence-corrected chi connectivity index (χ1v) is 15.8. The molecule has 12 heteroatoms. The highest BCUT2D eigenvalue weighted by Crippen LogP contribution is 2.61. The number of fused-ring (bicyclic) bond motifs is 2. The molecule has 2 aliphatic rings. The molecule has 3 N–H and O–H groups in total. The van der Waals surface area contributed by atoms with Crippen molar-refractivity contribution in [1.29, 1.82) is 0 Å². The Morgan fingerprint density at radius 1 is 1.04 bits per heavy atom. The van der Waals surface area contributed by atoms with Gasteiger partial charge >= 0.3 is 5.97 Å². The number of aryl methyl sites for hydroxylation is 1. The van der Waals surface area contributed by atoms with Crippen molar-refractivity contribution >= 4 is 29.4 Å². The number of nitrogens with zero attached hydrogens (tertiary/aromatic N) is 3. The number of hydrogen-bond donors (Lipinski definition) is 3. The molecule has 46 heavy (non-hydrogen) atoms. The lowest BCUT2D eigenvalue weighted by molar-refractivity contribution is -0.135. The lowest BCUT2D eigenvalue weighted by Gasteiger charge is -2.61. The van der Waals surface area contributed by atoms with E-state index in [1.807, 2.05) is 0 Å². The molecule has 2 aromatic rings. The highest BCUT2D eigenvalue weighted by molar-refractivity contribution is 6.00. The van der Waals surface area contributed by atoms with Gasteiger partial charge in [0.25, 0.3) is 11.5 Å². The fourth-order valence-corrected chi connectivity index (χ4v) is 8.65. The lowest BCUT2D eigenvalue weighted by atomic mass is 9.47. The van der Waals surface area contributed by atoms with Crippen LogP contribution in [0.3, 0.4) is 0 Å². The minimum Gasteiger partial charge on any atom is -0.466 e. The molecule has 0 aromatic carbocycles. The van der Waals surface area contributed by atoms with E-state index in [0.29, 0.717) is 0 Å². The van der Waals surface area contributed by atoms with Crippen LogP contribution < -0.4 is 21.5 Å². The Kier molecular flexibility index (Phi) is 9.98. The maximum absolute atomic E-state index is 13.5. The quantitative estimate of drug-likeness (QED) is 0.251. The normalized spacial score (nSPS) is 23.7. The Morgan fingerprint density at radius 2 is 1.72 bits per heavy atom. The van der Waals surface area contributed by atoms with E-state index in [0.717, 1.165) is 32.1 Å². The number of esters is 1. The molecule has 1 atom stereocenters. The number of amides is 3. The van der Waals surface area contributed by atoms with E-state index < -0.39 is 29.4 Å². The first kappa shape index (κ1) is 34.6. The summed E-state index contributed by atoms with van der Waals surface area (Å²) in [5.74, 6) is -1.93. The van der Waals surface area contributed by atoms with E-state index in [4.69, 9.17) is 0 Å². The van der Waals surface area contributed by atoms with Gasteiger partial charge in [0.05, 0.1) is 19.6 Å². The average Bonchev–Trinajstić information content (AvgIpc) is 3.35. The van der Waals surface area contributed by atoms with Gasteiger partial charge in [0.15, 0.2) is 0 Å². The molecule has 2 saturated carbocycles. The zero-order valence-electron chi connectivity index (χ0n) is 28.1. The van der Waals surface area contributed by atoms with Crippen LogP contribution >= 0.6 is 0 Å². The van der Waals surface area contributed by atoms with Crippen LogP contribution in [0.15, 0.2) is 47.8 Å². The van der Waals surface area contributed by atoms with Gasteiger partial charge in [-0.3, -0.25) is 19.2 Å². The van der Waals surface area contributed by atoms with Gasteiger partial charge in [-0.25, -0.2) is 9.78 Å². The van der Waals surface area contributed by atoms with Crippen LogP contribution in [0.4, 0.5) is 5.69 Å². The summed E-state index contributed by atoms with van der Waals surface area (Å²) < 4.78 is 7.40. The number of ether oxygens (including phenoxy) is 1. The maximum atomic E-state index is 13.5. The Labute approximate surface area is 270 Å². The number of rotatable bonds is 11. The third-order valence-corrected chi connectivity index (χ3v) is 8.95. The molecule has 0 aliphatic heterocycles. The fraction of sp³-hybridized carbons (Fsp3) is 0.588. The van der Waals surface area contributed by atoms with Crippen molar-refractivity contribution in [2.45, 2.75) is 97.7 Å². The number of pyridine rings is 1. The zero-order valence-corrected chi connectivity index (χ0v) is 28.1. The molecular weight excluding hydrogens is 588 g/mol. The van der Waals surface area contributed by atoms with Crippen LogP contribution in [-0.2, 0) is 32.7 Å². The number of aromatic nitrogens is 3. The van der Waals surface area contributed by atoms with Crippen LogP contribution in [0, 0.1) is 16.2 Å². The van der Waals surface area contributed by atoms with Gasteiger partial charge in [0.2, 0.25) is 11.8 Å². The van der Waals surface area contributed by atoms with Crippen molar-refractivity contribution in [2.75, 3.05) is 12.4 Å². The Morgan fingerprint density at radius 3 is 2.33 bits per heavy atom. The molecule has 2 fully saturated rings. The first-order chi connectivity index (χ1) is 21.4. The van der Waals surface area contributed by atoms with Crippen molar-refractivity contribution in [3.63, 3.8) is 0 Å². The molecule has 2 aliphatic carbocycles. The molecule has 3 amide bonds. The number of anilines is 1. The topological polar surface area (TPSA) is 153 Å². The number of nitrogens with one attached hydrogen (secondary N) is 3. The second-order valence-electron chi connectivity index (χ2n) is 15.1. The van der Waals surface area contributed by atoms with E-state index >= 15 is 0 Å². The Hall–Kier alpha value is -4.22. The summed E-state index contributed by atoms with van der Waals surface area (Å²) in [5, 5.41) is 8.68. The van der Waals surface area contributed by atoms with Crippen LogP contribution in [0.2, 0.25) is 0 Å². The summed E-state index contributed by atoms with van der Waals surface area (Å²) >= 11 is 0. The van der Waals surface area contributed by atoms with E-state index in [2.05, 4.69) is 60.3 Å². The van der Waals surface area contributed by atoms with Gasteiger partial charge < -0.3 is 29.8 Å². The van der Waals surface area contributed by atoms with E-state index in [-0.39, 0.29) is 58.5 Å². The fourth-order valence-electron chi connectivity index (χ4n) is 8.65. The van der Waals surface area contributed by atoms with Crippen molar-refractivity contribution in [3.8, 4) is 0 Å². The summed E-state index contributed by atoms with van der Waals surface area (Å²) in [6.45, 7) is 11.2. The molecular formula is C34H48N6O6. The molecule has 0 saturated heterocycles. The summed E-state index contributed by atoms with van der Waals surface area (Å²) in [7, 11) is 2.91. The summed E-state index contributed by atoms with van der Waals surface area (Å²) in [4.78, 5) is 68.7. The predicted molar refractivity (Wildman–Crippen MR) is 174 cm³/mol. The second kappa shape index (κ2) is 13.3. The SMILES string of the molecule is COC(=O)/C=C/CC[C@H](NC(=O)c1cncn1C)C(=O)Nc1cccn(CC(=O)NC23CC(C)(C)CC(C)(CC(C)(C)C2)C3)c1=O. The number of imidazole rings is 1. The highest BCUT2D eigenvalue weighted by atomic mass is 16.5. The Balaban J connectivity index is 1.48. The summed E-state index contributed by atoms with van der Waals surface area (Å²) in [6.07, 6.45) is 12.4. The molecule has 2 bridgehead atoms. The third kappa shape index (κ3) is 8.52. The lowest BCUT2D eigenvalue weighted by Crippen LogP contribution is -2.62. The first-order valence-electron chi connectivity index (χ1n) is 15.8. The van der Waals surface area contributed by atoms with E-state index in [1.165, 1.54) is 47.1 Å².